The van der Waals surface area contributed by atoms with Gasteiger partial charge in [-0.3, -0.25) is 14.1 Å². The maximum atomic E-state index is 12.3. The lowest BCUT2D eigenvalue weighted by Gasteiger charge is -2.17. The lowest BCUT2D eigenvalue weighted by molar-refractivity contribution is -0.197. The molecule has 0 aliphatic carbocycles. The maximum Gasteiger partial charge on any atom is 0.358 e. The Kier molecular flexibility index (Phi) is 7.13. The van der Waals surface area contributed by atoms with Crippen LogP contribution in [0.5, 0.6) is 0 Å². The third-order valence-corrected chi connectivity index (χ3v) is 7.25. The largest absolute Gasteiger partial charge is 0.358 e. The molecular formula is C18H16N2O7S3. The van der Waals surface area contributed by atoms with Gasteiger partial charge in [-0.05, 0) is 34.1 Å². The van der Waals surface area contributed by atoms with Gasteiger partial charge in [0.1, 0.15) is 5.03 Å². The van der Waals surface area contributed by atoms with E-state index in [2.05, 4.69) is 9.82 Å². The predicted octanol–water partition coefficient (Wildman–Crippen LogP) is 2.56. The average molecular weight is 469 g/mol. The van der Waals surface area contributed by atoms with Crippen molar-refractivity contribution in [1.82, 2.24) is 10.0 Å². The highest BCUT2D eigenvalue weighted by molar-refractivity contribution is 8.76. The minimum atomic E-state index is -4.90. The second-order valence-electron chi connectivity index (χ2n) is 6.14. The van der Waals surface area contributed by atoms with Gasteiger partial charge in [-0.2, -0.15) is 8.42 Å². The Balaban J connectivity index is 1.68. The Morgan fingerprint density at radius 3 is 2.37 bits per heavy atom. The van der Waals surface area contributed by atoms with Crippen molar-refractivity contribution < 1.29 is 32.2 Å². The number of nitrogens with zero attached hydrogens (tertiary/aromatic N) is 2. The van der Waals surface area contributed by atoms with Crippen molar-refractivity contribution in [3.05, 3.63) is 59.8 Å². The van der Waals surface area contributed by atoms with Crippen molar-refractivity contribution in [2.24, 2.45) is 0 Å². The van der Waals surface area contributed by atoms with Crippen LogP contribution in [0.4, 0.5) is 0 Å². The van der Waals surface area contributed by atoms with Crippen molar-refractivity contribution in [2.75, 3.05) is 0 Å². The van der Waals surface area contributed by atoms with Gasteiger partial charge in [0.25, 0.3) is 21.9 Å². The fraction of sp³-hybridized carbons (Fsp3) is 0.222. The van der Waals surface area contributed by atoms with Crippen LogP contribution in [0.15, 0.2) is 53.7 Å². The second kappa shape index (κ2) is 9.60. The number of hydrogen-bond donors (Lipinski definition) is 1. The molecule has 9 nitrogen and oxygen atoms in total. The maximum absolute atomic E-state index is 12.3. The first-order chi connectivity index (χ1) is 14.3. The minimum Gasteiger partial charge on any atom is -0.328 e. The van der Waals surface area contributed by atoms with Crippen molar-refractivity contribution in [3.63, 3.8) is 0 Å². The molecule has 0 bridgehead atoms. The first-order valence-electron chi connectivity index (χ1n) is 8.59. The molecule has 3 rings (SSSR count). The SMILES string of the molecule is O=C(ON1C(=O)CCC1=O)C(c1ccc(CSSc2ccccn2)cc1)S(=O)(=O)O. The van der Waals surface area contributed by atoms with E-state index in [-0.39, 0.29) is 23.5 Å². The molecule has 158 valence electrons. The van der Waals surface area contributed by atoms with E-state index in [9.17, 15) is 27.4 Å². The second-order valence-corrected chi connectivity index (χ2v) is 9.96. The van der Waals surface area contributed by atoms with Gasteiger partial charge in [0.05, 0.1) is 0 Å². The number of amides is 2. The molecule has 1 saturated heterocycles. The van der Waals surface area contributed by atoms with Crippen LogP contribution in [-0.4, -0.2) is 40.8 Å². The first kappa shape index (κ1) is 22.3. The number of hydrogen-bond acceptors (Lipinski definition) is 9. The standard InChI is InChI=1S/C18H16N2O7S3/c21-15-8-9-16(22)20(15)27-18(23)17(30(24,25)26)13-6-4-12(5-7-13)11-28-29-14-3-1-2-10-19-14/h1-7,10,17H,8-9,11H2,(H,24,25,26). The Labute approximate surface area is 180 Å². The molecule has 1 unspecified atom stereocenters. The summed E-state index contributed by atoms with van der Waals surface area (Å²) in [6, 6.07) is 11.5. The number of carbonyl (C=O) groups is 3. The summed E-state index contributed by atoms with van der Waals surface area (Å²) >= 11 is 0. The molecule has 0 spiro atoms. The number of pyridine rings is 1. The number of benzene rings is 1. The molecule has 2 heterocycles. The smallest absolute Gasteiger partial charge is 0.328 e. The minimum absolute atomic E-state index is 0.0484. The highest BCUT2D eigenvalue weighted by atomic mass is 33.1. The molecule has 1 aliphatic rings. The van der Waals surface area contributed by atoms with Crippen LogP contribution in [0, 0.1) is 0 Å². The van der Waals surface area contributed by atoms with Gasteiger partial charge >= 0.3 is 5.97 Å². The van der Waals surface area contributed by atoms with Crippen LogP contribution in [0.1, 0.15) is 29.2 Å². The molecule has 0 saturated carbocycles. The van der Waals surface area contributed by atoms with E-state index >= 15 is 0 Å². The summed E-state index contributed by atoms with van der Waals surface area (Å²) in [7, 11) is -1.90. The Morgan fingerprint density at radius 2 is 1.80 bits per heavy atom. The van der Waals surface area contributed by atoms with Gasteiger partial charge in [0.2, 0.25) is 5.25 Å². The summed E-state index contributed by atoms with van der Waals surface area (Å²) in [5.74, 6) is -2.35. The van der Waals surface area contributed by atoms with Gasteiger partial charge < -0.3 is 4.84 Å². The van der Waals surface area contributed by atoms with Crippen LogP contribution >= 0.6 is 21.6 Å². The molecule has 12 heteroatoms. The van der Waals surface area contributed by atoms with E-state index < -0.39 is 33.2 Å². The number of aromatic nitrogens is 1. The molecule has 1 atom stereocenters. The van der Waals surface area contributed by atoms with Crippen molar-refractivity contribution in [1.29, 1.82) is 0 Å². The molecule has 1 aromatic heterocycles. The van der Waals surface area contributed by atoms with Crippen LogP contribution in [-0.2, 0) is 35.1 Å². The zero-order valence-electron chi connectivity index (χ0n) is 15.3. The topological polar surface area (TPSA) is 131 Å². The number of rotatable bonds is 8. The Bertz CT molecular complexity index is 1030. The highest BCUT2D eigenvalue weighted by Gasteiger charge is 2.40. The van der Waals surface area contributed by atoms with Crippen molar-refractivity contribution >= 4 is 49.5 Å². The molecule has 2 aromatic rings. The van der Waals surface area contributed by atoms with Gasteiger partial charge in [-0.25, -0.2) is 9.78 Å². The van der Waals surface area contributed by atoms with E-state index in [1.54, 1.807) is 18.3 Å². The molecule has 1 N–H and O–H groups in total. The van der Waals surface area contributed by atoms with E-state index in [1.807, 2.05) is 18.2 Å². The summed E-state index contributed by atoms with van der Waals surface area (Å²) in [6.07, 6.45) is 1.42. The lowest BCUT2D eigenvalue weighted by Crippen LogP contribution is -2.36. The third kappa shape index (κ3) is 5.59. The summed E-state index contributed by atoms with van der Waals surface area (Å²) in [5, 5.41) is -0.997. The fourth-order valence-electron chi connectivity index (χ4n) is 2.57. The Hall–Kier alpha value is -2.41. The molecular weight excluding hydrogens is 452 g/mol. The van der Waals surface area contributed by atoms with Crippen molar-refractivity contribution in [2.45, 2.75) is 28.9 Å². The monoisotopic (exact) mass is 468 g/mol. The van der Waals surface area contributed by atoms with E-state index in [1.165, 1.54) is 33.7 Å². The fourth-order valence-corrected chi connectivity index (χ4v) is 5.34. The van der Waals surface area contributed by atoms with Crippen molar-refractivity contribution in [3.8, 4) is 0 Å². The Morgan fingerprint density at radius 1 is 1.13 bits per heavy atom. The first-order valence-corrected chi connectivity index (χ1v) is 12.4. The van der Waals surface area contributed by atoms with Gasteiger partial charge in [-0.15, -0.1) is 5.06 Å². The van der Waals surface area contributed by atoms with Gasteiger partial charge in [0, 0.05) is 24.8 Å². The molecule has 1 fully saturated rings. The summed E-state index contributed by atoms with van der Waals surface area (Å²) < 4.78 is 33.1. The van der Waals surface area contributed by atoms with Gasteiger partial charge in [0.15, 0.2) is 0 Å². The molecule has 1 aromatic carbocycles. The van der Waals surface area contributed by atoms with Crippen LogP contribution in [0.25, 0.3) is 0 Å². The average Bonchev–Trinajstić information content (AvgIpc) is 3.01. The number of imide groups is 1. The summed E-state index contributed by atoms with van der Waals surface area (Å²) in [4.78, 5) is 44.4. The summed E-state index contributed by atoms with van der Waals surface area (Å²) in [5.41, 5.74) is 0.798. The highest BCUT2D eigenvalue weighted by Crippen LogP contribution is 2.33. The quantitative estimate of drug-likeness (QED) is 0.350. The van der Waals surface area contributed by atoms with Crippen LogP contribution in [0.3, 0.4) is 0 Å². The zero-order chi connectivity index (χ0) is 21.7. The van der Waals surface area contributed by atoms with E-state index in [0.717, 1.165) is 10.6 Å². The van der Waals surface area contributed by atoms with Gasteiger partial charge in [-0.1, -0.05) is 41.1 Å². The normalized spacial score (nSPS) is 15.3. The molecule has 2 amide bonds. The third-order valence-electron chi connectivity index (χ3n) is 3.99. The number of hydroxylamine groups is 2. The van der Waals surface area contributed by atoms with E-state index in [0.29, 0.717) is 5.75 Å². The molecule has 1 aliphatic heterocycles. The van der Waals surface area contributed by atoms with Crippen LogP contribution < -0.4 is 0 Å². The predicted molar refractivity (Wildman–Crippen MR) is 109 cm³/mol. The lowest BCUT2D eigenvalue weighted by atomic mass is 10.1. The zero-order valence-corrected chi connectivity index (χ0v) is 17.8. The number of carbonyl (C=O) groups excluding carboxylic acids is 3. The summed E-state index contributed by atoms with van der Waals surface area (Å²) in [6.45, 7) is 0. The molecule has 30 heavy (non-hydrogen) atoms. The van der Waals surface area contributed by atoms with E-state index in [4.69, 9.17) is 0 Å². The molecule has 0 radical (unpaired) electrons. The van der Waals surface area contributed by atoms with Crippen LogP contribution in [0.2, 0.25) is 0 Å².